The Balaban J connectivity index is 1.41. The van der Waals surface area contributed by atoms with Gasteiger partial charge in [-0.1, -0.05) is 25.5 Å². The van der Waals surface area contributed by atoms with E-state index in [1.807, 2.05) is 23.1 Å². The van der Waals surface area contributed by atoms with E-state index in [4.69, 9.17) is 0 Å². The number of thiophene rings is 1. The van der Waals surface area contributed by atoms with Crippen LogP contribution in [-0.2, 0) is 24.3 Å². The SMILES string of the molecule is CCCC(NC(=O)c1cccc(CN2CCCC2)c1)C(=O)N1CCc2sccc2C1. The van der Waals surface area contributed by atoms with Crippen LogP contribution in [0.1, 0.15) is 59.0 Å². The summed E-state index contributed by atoms with van der Waals surface area (Å²) in [5.74, 6) is -0.117. The first-order chi connectivity index (χ1) is 14.6. The summed E-state index contributed by atoms with van der Waals surface area (Å²) in [5.41, 5.74) is 3.04. The number of hydrogen-bond acceptors (Lipinski definition) is 4. The molecule has 0 bridgehead atoms. The van der Waals surface area contributed by atoms with Crippen molar-refractivity contribution in [3.8, 4) is 0 Å². The van der Waals surface area contributed by atoms with Crippen molar-refractivity contribution in [3.05, 3.63) is 57.3 Å². The summed E-state index contributed by atoms with van der Waals surface area (Å²) >= 11 is 1.77. The monoisotopic (exact) mass is 425 g/mol. The molecule has 30 heavy (non-hydrogen) atoms. The molecule has 1 unspecified atom stereocenters. The normalized spacial score (nSPS) is 17.6. The number of fused-ring (bicyclic) bond motifs is 1. The molecular formula is C24H31N3O2S. The molecule has 1 aromatic heterocycles. The fraction of sp³-hybridized carbons (Fsp3) is 0.500. The largest absolute Gasteiger partial charge is 0.340 e. The van der Waals surface area contributed by atoms with Crippen LogP contribution in [0.5, 0.6) is 0 Å². The fourth-order valence-corrected chi connectivity index (χ4v) is 5.34. The quantitative estimate of drug-likeness (QED) is 0.734. The Hall–Kier alpha value is -2.18. The van der Waals surface area contributed by atoms with Crippen molar-refractivity contribution in [2.75, 3.05) is 19.6 Å². The van der Waals surface area contributed by atoms with Gasteiger partial charge in [-0.2, -0.15) is 0 Å². The van der Waals surface area contributed by atoms with E-state index in [1.54, 1.807) is 11.3 Å². The fourth-order valence-electron chi connectivity index (χ4n) is 4.45. The summed E-state index contributed by atoms with van der Waals surface area (Å²) < 4.78 is 0. The van der Waals surface area contributed by atoms with Gasteiger partial charge in [-0.15, -0.1) is 11.3 Å². The maximum atomic E-state index is 13.2. The van der Waals surface area contributed by atoms with Gasteiger partial charge in [-0.3, -0.25) is 14.5 Å². The van der Waals surface area contributed by atoms with Crippen LogP contribution in [0.4, 0.5) is 0 Å². The first-order valence-corrected chi connectivity index (χ1v) is 12.0. The predicted octanol–water partition coefficient (Wildman–Crippen LogP) is 3.83. The minimum atomic E-state index is -0.468. The summed E-state index contributed by atoms with van der Waals surface area (Å²) in [4.78, 5) is 31.9. The second-order valence-electron chi connectivity index (χ2n) is 8.38. The van der Waals surface area contributed by atoms with E-state index in [9.17, 15) is 9.59 Å². The highest BCUT2D eigenvalue weighted by atomic mass is 32.1. The van der Waals surface area contributed by atoms with Crippen molar-refractivity contribution in [2.24, 2.45) is 0 Å². The van der Waals surface area contributed by atoms with E-state index >= 15 is 0 Å². The van der Waals surface area contributed by atoms with Gasteiger partial charge in [0.25, 0.3) is 5.91 Å². The van der Waals surface area contributed by atoms with Crippen LogP contribution in [0, 0.1) is 0 Å². The zero-order valence-corrected chi connectivity index (χ0v) is 18.5. The van der Waals surface area contributed by atoms with E-state index in [2.05, 4.69) is 34.7 Å². The minimum absolute atomic E-state index is 0.0373. The van der Waals surface area contributed by atoms with Crippen molar-refractivity contribution >= 4 is 23.2 Å². The number of likely N-dealkylation sites (tertiary alicyclic amines) is 1. The Kier molecular flexibility index (Phi) is 6.85. The number of amides is 2. The summed E-state index contributed by atoms with van der Waals surface area (Å²) in [6.07, 6.45) is 4.92. The van der Waals surface area contributed by atoms with Crippen LogP contribution in [0.3, 0.4) is 0 Å². The van der Waals surface area contributed by atoms with E-state index in [0.717, 1.165) is 44.6 Å². The predicted molar refractivity (Wildman–Crippen MR) is 121 cm³/mol. The van der Waals surface area contributed by atoms with Crippen LogP contribution in [0.25, 0.3) is 0 Å². The standard InChI is InChI=1S/C24H31N3O2S/c1-2-6-21(24(29)27-13-9-22-20(17-27)10-14-30-22)25-23(28)19-8-5-7-18(15-19)16-26-11-3-4-12-26/h5,7-8,10,14-15,21H,2-4,6,9,11-13,16-17H2,1H3,(H,25,28). The van der Waals surface area contributed by atoms with Gasteiger partial charge in [0.2, 0.25) is 5.91 Å². The van der Waals surface area contributed by atoms with E-state index in [0.29, 0.717) is 18.5 Å². The zero-order chi connectivity index (χ0) is 20.9. The van der Waals surface area contributed by atoms with Crippen LogP contribution < -0.4 is 5.32 Å². The lowest BCUT2D eigenvalue weighted by Gasteiger charge is -2.31. The van der Waals surface area contributed by atoms with Gasteiger partial charge in [0.05, 0.1) is 0 Å². The highest BCUT2D eigenvalue weighted by Crippen LogP contribution is 2.24. The Morgan fingerprint density at radius 1 is 1.17 bits per heavy atom. The lowest BCUT2D eigenvalue weighted by Crippen LogP contribution is -2.49. The van der Waals surface area contributed by atoms with Gasteiger partial charge < -0.3 is 10.2 Å². The molecule has 1 atom stereocenters. The Labute approximate surface area is 183 Å². The molecular weight excluding hydrogens is 394 g/mol. The molecule has 0 saturated carbocycles. The molecule has 1 N–H and O–H groups in total. The molecule has 1 saturated heterocycles. The number of carbonyl (C=O) groups is 2. The van der Waals surface area contributed by atoms with Crippen LogP contribution in [0.2, 0.25) is 0 Å². The molecule has 5 nitrogen and oxygen atoms in total. The molecule has 3 heterocycles. The highest BCUT2D eigenvalue weighted by molar-refractivity contribution is 7.10. The highest BCUT2D eigenvalue weighted by Gasteiger charge is 2.28. The average molecular weight is 426 g/mol. The first kappa shape index (κ1) is 21.1. The topological polar surface area (TPSA) is 52.7 Å². The van der Waals surface area contributed by atoms with Gasteiger partial charge in [-0.25, -0.2) is 0 Å². The van der Waals surface area contributed by atoms with Gasteiger partial charge in [-0.05, 0) is 73.5 Å². The number of hydrogen-bond donors (Lipinski definition) is 1. The molecule has 0 radical (unpaired) electrons. The van der Waals surface area contributed by atoms with Crippen molar-refractivity contribution in [3.63, 3.8) is 0 Å². The number of nitrogens with one attached hydrogen (secondary N) is 1. The smallest absolute Gasteiger partial charge is 0.251 e. The van der Waals surface area contributed by atoms with E-state index in [1.165, 1.54) is 23.3 Å². The van der Waals surface area contributed by atoms with Crippen molar-refractivity contribution < 1.29 is 9.59 Å². The summed E-state index contributed by atoms with van der Waals surface area (Å²) in [7, 11) is 0. The maximum Gasteiger partial charge on any atom is 0.251 e. The number of rotatable bonds is 7. The summed E-state index contributed by atoms with van der Waals surface area (Å²) in [6.45, 7) is 6.58. The molecule has 1 fully saturated rings. The van der Waals surface area contributed by atoms with Crippen LogP contribution in [0.15, 0.2) is 35.7 Å². The Morgan fingerprint density at radius 2 is 2.00 bits per heavy atom. The Morgan fingerprint density at radius 3 is 2.80 bits per heavy atom. The maximum absolute atomic E-state index is 13.2. The molecule has 2 aromatic rings. The first-order valence-electron chi connectivity index (χ1n) is 11.1. The lowest BCUT2D eigenvalue weighted by molar-refractivity contribution is -0.134. The number of benzene rings is 1. The third kappa shape index (κ3) is 4.93. The van der Waals surface area contributed by atoms with Gasteiger partial charge >= 0.3 is 0 Å². The summed E-state index contributed by atoms with van der Waals surface area (Å²) in [5, 5.41) is 5.13. The minimum Gasteiger partial charge on any atom is -0.340 e. The summed E-state index contributed by atoms with van der Waals surface area (Å²) in [6, 6.07) is 9.48. The number of nitrogens with zero attached hydrogens (tertiary/aromatic N) is 2. The van der Waals surface area contributed by atoms with Crippen LogP contribution in [-0.4, -0.2) is 47.3 Å². The van der Waals surface area contributed by atoms with E-state index in [-0.39, 0.29) is 11.8 Å². The van der Waals surface area contributed by atoms with Gasteiger partial charge in [0.1, 0.15) is 6.04 Å². The lowest BCUT2D eigenvalue weighted by atomic mass is 10.0. The molecule has 0 spiro atoms. The molecule has 2 aliphatic rings. The van der Waals surface area contributed by atoms with Crippen LogP contribution >= 0.6 is 11.3 Å². The van der Waals surface area contributed by atoms with Crippen molar-refractivity contribution in [1.82, 2.24) is 15.1 Å². The van der Waals surface area contributed by atoms with Crippen molar-refractivity contribution in [1.29, 1.82) is 0 Å². The van der Waals surface area contributed by atoms with E-state index < -0.39 is 6.04 Å². The second kappa shape index (κ2) is 9.75. The third-order valence-electron chi connectivity index (χ3n) is 6.09. The molecule has 2 amide bonds. The van der Waals surface area contributed by atoms with Gasteiger partial charge in [0.15, 0.2) is 0 Å². The molecule has 1 aromatic carbocycles. The zero-order valence-electron chi connectivity index (χ0n) is 17.7. The third-order valence-corrected chi connectivity index (χ3v) is 7.12. The Bertz CT molecular complexity index is 888. The molecule has 160 valence electrons. The van der Waals surface area contributed by atoms with Crippen molar-refractivity contribution in [2.45, 2.75) is 58.2 Å². The molecule has 4 rings (SSSR count). The molecule has 0 aliphatic carbocycles. The number of carbonyl (C=O) groups excluding carboxylic acids is 2. The van der Waals surface area contributed by atoms with Gasteiger partial charge in [0, 0.05) is 30.1 Å². The molecule has 2 aliphatic heterocycles. The second-order valence-corrected chi connectivity index (χ2v) is 9.38. The molecule has 6 heteroatoms. The average Bonchev–Trinajstić information content (AvgIpc) is 3.44.